The molecule has 25 heavy (non-hydrogen) atoms. The van der Waals surface area contributed by atoms with Crippen molar-refractivity contribution in [1.82, 2.24) is 0 Å². The van der Waals surface area contributed by atoms with Gasteiger partial charge in [0.05, 0.1) is 5.92 Å². The van der Waals surface area contributed by atoms with Crippen LogP contribution in [0.3, 0.4) is 0 Å². The number of carbonyl (C=O) groups is 2. The van der Waals surface area contributed by atoms with Crippen LogP contribution in [0.15, 0.2) is 42.5 Å². The molecule has 2 aliphatic heterocycles. The lowest BCUT2D eigenvalue weighted by Gasteiger charge is -2.22. The second-order valence-electron chi connectivity index (χ2n) is 6.71. The Hall–Kier alpha value is -2.33. The summed E-state index contributed by atoms with van der Waals surface area (Å²) in [7, 11) is 0. The lowest BCUT2D eigenvalue weighted by atomic mass is 10.1. The number of carbonyl (C=O) groups excluding carboxylic acids is 2. The third-order valence-electron chi connectivity index (χ3n) is 5.09. The monoisotopic (exact) mass is 354 g/mol. The van der Waals surface area contributed by atoms with Crippen LogP contribution in [0.1, 0.15) is 17.5 Å². The second-order valence-corrected chi connectivity index (χ2v) is 7.11. The third-order valence-corrected chi connectivity index (χ3v) is 5.50. The van der Waals surface area contributed by atoms with E-state index in [1.54, 1.807) is 11.0 Å². The van der Waals surface area contributed by atoms with Gasteiger partial charge in [-0.15, -0.1) is 0 Å². The summed E-state index contributed by atoms with van der Waals surface area (Å²) in [4.78, 5) is 28.9. The van der Waals surface area contributed by atoms with E-state index >= 15 is 0 Å². The maximum Gasteiger partial charge on any atom is 0.232 e. The average molecular weight is 355 g/mol. The normalized spacial score (nSPS) is 19.4. The number of aryl methyl sites for hydroxylation is 1. The van der Waals surface area contributed by atoms with Gasteiger partial charge in [0.25, 0.3) is 0 Å². The molecule has 128 valence electrons. The van der Waals surface area contributed by atoms with E-state index in [2.05, 4.69) is 6.07 Å². The Morgan fingerprint density at radius 3 is 2.80 bits per heavy atom. The van der Waals surface area contributed by atoms with Crippen LogP contribution in [0.25, 0.3) is 0 Å². The molecule has 2 amide bonds. The highest BCUT2D eigenvalue weighted by atomic mass is 35.5. The van der Waals surface area contributed by atoms with Crippen molar-refractivity contribution >= 4 is 34.8 Å². The quantitative estimate of drug-likeness (QED) is 0.827. The summed E-state index contributed by atoms with van der Waals surface area (Å²) in [5.74, 6) is -0.288. The lowest BCUT2D eigenvalue weighted by molar-refractivity contribution is -0.124. The van der Waals surface area contributed by atoms with Crippen LogP contribution < -0.4 is 9.80 Å². The summed E-state index contributed by atoms with van der Waals surface area (Å²) in [6.45, 7) is 3.03. The molecule has 0 saturated carbocycles. The molecule has 1 saturated heterocycles. The number of rotatable bonds is 2. The minimum absolute atomic E-state index is 0.0225. The van der Waals surface area contributed by atoms with E-state index in [1.165, 1.54) is 5.56 Å². The first-order valence-electron chi connectivity index (χ1n) is 8.50. The molecule has 2 aromatic rings. The summed E-state index contributed by atoms with van der Waals surface area (Å²) in [6, 6.07) is 13.6. The number of anilines is 2. The molecule has 2 aliphatic rings. The van der Waals surface area contributed by atoms with Gasteiger partial charge in [-0.1, -0.05) is 35.9 Å². The van der Waals surface area contributed by atoms with Gasteiger partial charge >= 0.3 is 0 Å². The summed E-state index contributed by atoms with van der Waals surface area (Å²) < 4.78 is 0. The maximum atomic E-state index is 13.0. The Bertz CT molecular complexity index is 865. The van der Waals surface area contributed by atoms with E-state index < -0.39 is 0 Å². The molecule has 0 N–H and O–H groups in total. The fourth-order valence-corrected chi connectivity index (χ4v) is 3.83. The number of nitrogens with zero attached hydrogens (tertiary/aromatic N) is 2. The van der Waals surface area contributed by atoms with Crippen LogP contribution in [0.2, 0.25) is 5.02 Å². The van der Waals surface area contributed by atoms with Crippen LogP contribution in [-0.2, 0) is 16.0 Å². The number of benzene rings is 2. The van der Waals surface area contributed by atoms with Gasteiger partial charge in [-0.2, -0.15) is 0 Å². The Morgan fingerprint density at radius 1 is 1.20 bits per heavy atom. The predicted octanol–water partition coefficient (Wildman–Crippen LogP) is 3.59. The lowest BCUT2D eigenvalue weighted by Crippen LogP contribution is -2.36. The van der Waals surface area contributed by atoms with Crippen molar-refractivity contribution in [3.8, 4) is 0 Å². The van der Waals surface area contributed by atoms with Gasteiger partial charge in [-0.25, -0.2) is 0 Å². The van der Waals surface area contributed by atoms with Crippen LogP contribution in [0.4, 0.5) is 11.4 Å². The molecule has 1 fully saturated rings. The van der Waals surface area contributed by atoms with Gasteiger partial charge in [0, 0.05) is 35.9 Å². The van der Waals surface area contributed by atoms with Crippen LogP contribution in [-0.4, -0.2) is 24.9 Å². The van der Waals surface area contributed by atoms with E-state index in [-0.39, 0.29) is 24.2 Å². The molecule has 5 heteroatoms. The molecule has 0 spiro atoms. The Morgan fingerprint density at radius 2 is 2.00 bits per heavy atom. The van der Waals surface area contributed by atoms with E-state index in [0.717, 1.165) is 23.4 Å². The number of hydrogen-bond donors (Lipinski definition) is 0. The van der Waals surface area contributed by atoms with Gasteiger partial charge in [0.1, 0.15) is 0 Å². The topological polar surface area (TPSA) is 40.6 Å². The number of halogens is 1. The second kappa shape index (κ2) is 6.19. The zero-order valence-corrected chi connectivity index (χ0v) is 14.8. The SMILES string of the molecule is Cc1ccc(N2CC(C(=O)N3CCc4ccccc43)CC2=O)cc1Cl. The van der Waals surface area contributed by atoms with Crippen molar-refractivity contribution in [2.24, 2.45) is 5.92 Å². The van der Waals surface area contributed by atoms with Gasteiger partial charge in [0.2, 0.25) is 11.8 Å². The Labute approximate surface area is 152 Å². The van der Waals surface area contributed by atoms with E-state index in [0.29, 0.717) is 18.1 Å². The highest BCUT2D eigenvalue weighted by molar-refractivity contribution is 6.31. The summed E-state index contributed by atoms with van der Waals surface area (Å²) in [6.07, 6.45) is 1.13. The Balaban J connectivity index is 1.54. The smallest absolute Gasteiger partial charge is 0.232 e. The van der Waals surface area contributed by atoms with Crippen molar-refractivity contribution in [3.05, 3.63) is 58.6 Å². The molecule has 1 atom stereocenters. The molecule has 1 unspecified atom stereocenters. The van der Waals surface area contributed by atoms with E-state index in [1.807, 2.05) is 42.2 Å². The molecule has 0 aromatic heterocycles. The molecule has 0 bridgehead atoms. The van der Waals surface area contributed by atoms with Crippen molar-refractivity contribution in [2.75, 3.05) is 22.9 Å². The predicted molar refractivity (Wildman–Crippen MR) is 99.1 cm³/mol. The van der Waals surface area contributed by atoms with Crippen molar-refractivity contribution in [3.63, 3.8) is 0 Å². The van der Waals surface area contributed by atoms with Gasteiger partial charge in [0.15, 0.2) is 0 Å². The van der Waals surface area contributed by atoms with Crippen molar-refractivity contribution in [1.29, 1.82) is 0 Å². The summed E-state index contributed by atoms with van der Waals surface area (Å²) in [5, 5.41) is 0.633. The van der Waals surface area contributed by atoms with Gasteiger partial charge in [-0.3, -0.25) is 9.59 Å². The summed E-state index contributed by atoms with van der Waals surface area (Å²) >= 11 is 6.19. The fraction of sp³-hybridized carbons (Fsp3) is 0.300. The number of fused-ring (bicyclic) bond motifs is 1. The molecule has 4 nitrogen and oxygen atoms in total. The first kappa shape index (κ1) is 16.2. The summed E-state index contributed by atoms with van der Waals surface area (Å²) in [5.41, 5.74) is 3.91. The molecule has 2 aromatic carbocycles. The van der Waals surface area contributed by atoms with Crippen molar-refractivity contribution in [2.45, 2.75) is 19.8 Å². The maximum absolute atomic E-state index is 13.0. The highest BCUT2D eigenvalue weighted by Crippen LogP contribution is 2.33. The number of hydrogen-bond acceptors (Lipinski definition) is 2. The van der Waals surface area contributed by atoms with Crippen LogP contribution >= 0.6 is 11.6 Å². The molecule has 4 rings (SSSR count). The van der Waals surface area contributed by atoms with Gasteiger partial charge in [-0.05, 0) is 42.7 Å². The first-order chi connectivity index (χ1) is 12.0. The van der Waals surface area contributed by atoms with Crippen molar-refractivity contribution < 1.29 is 9.59 Å². The Kier molecular flexibility index (Phi) is 4.00. The number of amides is 2. The third kappa shape index (κ3) is 2.81. The van der Waals surface area contributed by atoms with Gasteiger partial charge < -0.3 is 9.80 Å². The fourth-order valence-electron chi connectivity index (χ4n) is 3.66. The molecular weight excluding hydrogens is 336 g/mol. The standard InChI is InChI=1S/C20H19ClN2O2/c1-13-6-7-16(11-17(13)21)23-12-15(10-19(23)24)20(25)22-9-8-14-4-2-3-5-18(14)22/h2-7,11,15H,8-10,12H2,1H3. The van der Waals surface area contributed by atoms with E-state index in [9.17, 15) is 9.59 Å². The largest absolute Gasteiger partial charge is 0.312 e. The number of para-hydroxylation sites is 1. The van der Waals surface area contributed by atoms with Crippen LogP contribution in [0.5, 0.6) is 0 Å². The molecular formula is C20H19ClN2O2. The van der Waals surface area contributed by atoms with E-state index in [4.69, 9.17) is 11.6 Å². The minimum Gasteiger partial charge on any atom is -0.312 e. The highest BCUT2D eigenvalue weighted by Gasteiger charge is 2.39. The average Bonchev–Trinajstić information content (AvgIpc) is 3.20. The zero-order chi connectivity index (χ0) is 17.6. The van der Waals surface area contributed by atoms with Crippen LogP contribution in [0, 0.1) is 12.8 Å². The molecule has 2 heterocycles. The zero-order valence-electron chi connectivity index (χ0n) is 14.0. The molecule has 0 aliphatic carbocycles. The first-order valence-corrected chi connectivity index (χ1v) is 8.88. The molecule has 0 radical (unpaired) electrons. The minimum atomic E-state index is -0.307.